The van der Waals surface area contributed by atoms with Crippen LogP contribution in [0.5, 0.6) is 0 Å². The number of nitrogens with one attached hydrogen (secondary N) is 1. The number of halogens is 9. The third-order valence-electron chi connectivity index (χ3n) is 3.65. The number of alkyl halides is 9. The van der Waals surface area contributed by atoms with Gasteiger partial charge < -0.3 is 5.32 Å². The van der Waals surface area contributed by atoms with Crippen molar-refractivity contribution in [1.82, 2.24) is 0 Å². The van der Waals surface area contributed by atoms with E-state index in [1.165, 1.54) is 11.4 Å². The molecule has 0 aromatic heterocycles. The molecule has 1 aromatic rings. The minimum absolute atomic E-state index is 0.147. The zero-order chi connectivity index (χ0) is 21.1. The van der Waals surface area contributed by atoms with Gasteiger partial charge >= 0.3 is 35.6 Å². The Balaban J connectivity index is 2.41. The van der Waals surface area contributed by atoms with E-state index in [1.807, 2.05) is 0 Å². The van der Waals surface area contributed by atoms with Crippen molar-refractivity contribution in [3.63, 3.8) is 0 Å². The molecule has 1 N–H and O–H groups in total. The maximum absolute atomic E-state index is 14.0. The smallest absolute Gasteiger partial charge is 0.321 e. The molecule has 27 heavy (non-hydrogen) atoms. The minimum atomic E-state index is -6.76. The molecule has 1 fully saturated rings. The van der Waals surface area contributed by atoms with Gasteiger partial charge in [0.1, 0.15) is 0 Å². The lowest BCUT2D eigenvalue weighted by Crippen LogP contribution is -2.63. The molecule has 1 heterocycles. The molecule has 1 aliphatic heterocycles. The van der Waals surface area contributed by atoms with Crippen LogP contribution in [-0.4, -0.2) is 41.4 Å². The van der Waals surface area contributed by atoms with Gasteiger partial charge in [0.15, 0.2) is 5.78 Å². The molecule has 150 valence electrons. The zero-order valence-corrected chi connectivity index (χ0v) is 12.9. The summed E-state index contributed by atoms with van der Waals surface area (Å²) in [5, 5.41) is 1.19. The van der Waals surface area contributed by atoms with Crippen LogP contribution in [0.25, 0.3) is 0 Å². The van der Waals surface area contributed by atoms with Crippen molar-refractivity contribution in [2.75, 3.05) is 5.32 Å². The Morgan fingerprint density at radius 1 is 1.00 bits per heavy atom. The summed E-state index contributed by atoms with van der Waals surface area (Å²) in [4.78, 5) is 22.7. The van der Waals surface area contributed by atoms with Gasteiger partial charge in [-0.25, -0.2) is 0 Å². The molecule has 0 bridgehead atoms. The van der Waals surface area contributed by atoms with Gasteiger partial charge in [0.2, 0.25) is 0 Å². The van der Waals surface area contributed by atoms with Gasteiger partial charge in [-0.05, 0) is 19.1 Å². The average molecular weight is 409 g/mol. The summed E-state index contributed by atoms with van der Waals surface area (Å²) in [5.74, 6) is -29.5. The summed E-state index contributed by atoms with van der Waals surface area (Å²) in [5.41, 5.74) is -0.789. The molecule has 1 amide bonds. The van der Waals surface area contributed by atoms with Crippen molar-refractivity contribution in [3.8, 4) is 0 Å². The zero-order valence-electron chi connectivity index (χ0n) is 12.9. The molecule has 4 nitrogen and oxygen atoms in total. The highest BCUT2D eigenvalue weighted by Gasteiger charge is 2.96. The Labute approximate surface area is 144 Å². The fourth-order valence-electron chi connectivity index (χ4n) is 2.12. The number of rotatable bonds is 4. The maximum Gasteiger partial charge on any atom is 0.428 e. The molecule has 0 saturated carbocycles. The van der Waals surface area contributed by atoms with E-state index >= 15 is 0 Å². The molecular formula is C14H8F9NO3. The highest BCUT2D eigenvalue weighted by molar-refractivity contribution is 5.99. The first-order valence-electron chi connectivity index (χ1n) is 6.84. The Hall–Kier alpha value is -2.31. The van der Waals surface area contributed by atoms with Gasteiger partial charge in [-0.1, -0.05) is 12.1 Å². The third-order valence-corrected chi connectivity index (χ3v) is 3.65. The SMILES string of the molecule is CC(=O)c1cccc(NC(=O)C(F)(F)[C@@]2(F)OC(F)(F)C(F)(F)C2(F)F)c1. The molecular weight excluding hydrogens is 401 g/mol. The highest BCUT2D eigenvalue weighted by Crippen LogP contribution is 2.64. The summed E-state index contributed by atoms with van der Waals surface area (Å²) in [6.45, 7) is 1.04. The van der Waals surface area contributed by atoms with Gasteiger partial charge in [-0.2, -0.15) is 39.5 Å². The largest absolute Gasteiger partial charge is 0.428 e. The maximum atomic E-state index is 14.0. The van der Waals surface area contributed by atoms with Gasteiger partial charge in [-0.15, -0.1) is 0 Å². The van der Waals surface area contributed by atoms with E-state index in [0.717, 1.165) is 25.1 Å². The van der Waals surface area contributed by atoms with Crippen LogP contribution in [0.4, 0.5) is 45.2 Å². The minimum Gasteiger partial charge on any atom is -0.321 e. The van der Waals surface area contributed by atoms with Crippen LogP contribution in [0.1, 0.15) is 17.3 Å². The van der Waals surface area contributed by atoms with Crippen LogP contribution in [0, 0.1) is 0 Å². The second kappa shape index (κ2) is 5.84. The Morgan fingerprint density at radius 2 is 1.56 bits per heavy atom. The summed E-state index contributed by atoms with van der Waals surface area (Å²) >= 11 is 0. The predicted octanol–water partition coefficient (Wildman–Crippen LogP) is 4.02. The highest BCUT2D eigenvalue weighted by atomic mass is 19.4. The summed E-state index contributed by atoms with van der Waals surface area (Å²) in [6.07, 6.45) is -6.32. The van der Waals surface area contributed by atoms with E-state index in [4.69, 9.17) is 0 Å². The standard InChI is InChI=1S/C14H8F9NO3/c1-6(25)7-3-2-4-8(5-7)24-9(26)10(15,16)13(21)11(17,18)12(19,20)14(22,23)27-13/h2-5H,1H3,(H,24,26)/t13-/m1/s1. The second-order valence-electron chi connectivity index (χ2n) is 5.53. The number of hydrogen-bond donors (Lipinski definition) is 1. The molecule has 13 heteroatoms. The first kappa shape index (κ1) is 21.0. The van der Waals surface area contributed by atoms with Crippen LogP contribution in [0.2, 0.25) is 0 Å². The normalized spacial score (nSPS) is 25.9. The van der Waals surface area contributed by atoms with Crippen LogP contribution in [-0.2, 0) is 9.53 Å². The first-order valence-corrected chi connectivity index (χ1v) is 6.84. The van der Waals surface area contributed by atoms with Crippen LogP contribution < -0.4 is 5.32 Å². The van der Waals surface area contributed by atoms with E-state index < -0.39 is 47.1 Å². The topological polar surface area (TPSA) is 55.4 Å². The summed E-state index contributed by atoms with van der Waals surface area (Å²) < 4.78 is 123. The number of amides is 1. The lowest BCUT2D eigenvalue weighted by molar-refractivity contribution is -0.366. The van der Waals surface area contributed by atoms with Crippen LogP contribution >= 0.6 is 0 Å². The van der Waals surface area contributed by atoms with Crippen LogP contribution in [0.3, 0.4) is 0 Å². The quantitative estimate of drug-likeness (QED) is 0.604. The van der Waals surface area contributed by atoms with E-state index in [0.29, 0.717) is 0 Å². The average Bonchev–Trinajstić information content (AvgIpc) is 2.62. The molecule has 1 saturated heterocycles. The number of ether oxygens (including phenoxy) is 1. The molecule has 0 aliphatic carbocycles. The Bertz CT molecular complexity index is 796. The van der Waals surface area contributed by atoms with Crippen molar-refractivity contribution in [3.05, 3.63) is 29.8 Å². The number of Topliss-reactive ketones (excluding diaryl/α,β-unsaturated/α-hetero) is 1. The lowest BCUT2D eigenvalue weighted by atomic mass is 9.99. The van der Waals surface area contributed by atoms with Crippen molar-refractivity contribution in [2.45, 2.75) is 36.7 Å². The lowest BCUT2D eigenvalue weighted by Gasteiger charge is -2.31. The number of ketones is 1. The Morgan fingerprint density at radius 3 is 2.00 bits per heavy atom. The molecule has 1 atom stereocenters. The van der Waals surface area contributed by atoms with Gasteiger partial charge in [0.05, 0.1) is 0 Å². The van der Waals surface area contributed by atoms with E-state index in [1.54, 1.807) is 0 Å². The molecule has 1 aliphatic rings. The monoisotopic (exact) mass is 409 g/mol. The first-order chi connectivity index (χ1) is 12.0. The fraction of sp³-hybridized carbons (Fsp3) is 0.429. The molecule has 0 unspecified atom stereocenters. The van der Waals surface area contributed by atoms with Crippen molar-refractivity contribution in [2.24, 2.45) is 0 Å². The Kier molecular flexibility index (Phi) is 4.54. The summed E-state index contributed by atoms with van der Waals surface area (Å²) in [7, 11) is 0. The van der Waals surface area contributed by atoms with Crippen molar-refractivity contribution >= 4 is 17.4 Å². The van der Waals surface area contributed by atoms with E-state index in [2.05, 4.69) is 4.74 Å². The number of anilines is 1. The van der Waals surface area contributed by atoms with Crippen molar-refractivity contribution < 1.29 is 53.8 Å². The number of carbonyl (C=O) groups excluding carboxylic acids is 2. The fourth-order valence-corrected chi connectivity index (χ4v) is 2.12. The molecule has 0 radical (unpaired) electrons. The number of carbonyl (C=O) groups is 2. The molecule has 0 spiro atoms. The van der Waals surface area contributed by atoms with Gasteiger partial charge in [-0.3, -0.25) is 14.3 Å². The van der Waals surface area contributed by atoms with E-state index in [9.17, 15) is 49.1 Å². The summed E-state index contributed by atoms with van der Waals surface area (Å²) in [6, 6.07) is 3.86. The van der Waals surface area contributed by atoms with Gasteiger partial charge in [0.25, 0.3) is 0 Å². The molecule has 2 rings (SSSR count). The van der Waals surface area contributed by atoms with Crippen molar-refractivity contribution in [1.29, 1.82) is 0 Å². The molecule has 1 aromatic carbocycles. The second-order valence-corrected chi connectivity index (χ2v) is 5.53. The third kappa shape index (κ3) is 2.75. The number of hydrogen-bond acceptors (Lipinski definition) is 3. The predicted molar refractivity (Wildman–Crippen MR) is 69.8 cm³/mol. The van der Waals surface area contributed by atoms with Gasteiger partial charge in [0, 0.05) is 11.3 Å². The number of benzene rings is 1. The van der Waals surface area contributed by atoms with E-state index in [-0.39, 0.29) is 5.56 Å². The van der Waals surface area contributed by atoms with Crippen LogP contribution in [0.15, 0.2) is 24.3 Å².